The van der Waals surface area contributed by atoms with Crippen molar-refractivity contribution in [1.29, 1.82) is 0 Å². The van der Waals surface area contributed by atoms with Crippen LogP contribution < -0.4 is 0 Å². The first-order chi connectivity index (χ1) is 13.0. The standard InChI is InChI=1S/C19H22N4O3S/c1-13-2-4-14(5-3-13)23-12-20-21-18(23)27-11-16(24)22-8-6-19(7-9-22)10-15(19)17(25)26/h2-5,12,15H,6-11H2,1H3,(H,25,26). The number of hydrogen-bond acceptors (Lipinski definition) is 5. The van der Waals surface area contributed by atoms with E-state index < -0.39 is 5.97 Å². The first kappa shape index (κ1) is 18.0. The van der Waals surface area contributed by atoms with Crippen LogP contribution in [-0.2, 0) is 9.59 Å². The predicted molar refractivity (Wildman–Crippen MR) is 101 cm³/mol. The summed E-state index contributed by atoms with van der Waals surface area (Å²) in [6.07, 6.45) is 4.00. The Balaban J connectivity index is 1.33. The molecule has 1 aliphatic carbocycles. The maximum absolute atomic E-state index is 12.6. The molecule has 1 amide bonds. The third-order valence-electron chi connectivity index (χ3n) is 5.75. The molecule has 1 saturated heterocycles. The van der Waals surface area contributed by atoms with Gasteiger partial charge < -0.3 is 10.0 Å². The molecule has 4 rings (SSSR count). The molecular formula is C19H22N4O3S. The Morgan fingerprint density at radius 2 is 1.96 bits per heavy atom. The number of carboxylic acids is 1. The number of aromatic nitrogens is 3. The Hall–Kier alpha value is -2.35. The van der Waals surface area contributed by atoms with Gasteiger partial charge in [0, 0.05) is 18.8 Å². The van der Waals surface area contributed by atoms with Crippen LogP contribution in [0.2, 0.25) is 0 Å². The molecule has 2 aliphatic rings. The summed E-state index contributed by atoms with van der Waals surface area (Å²) in [7, 11) is 0. The molecule has 1 unspecified atom stereocenters. The van der Waals surface area contributed by atoms with Gasteiger partial charge >= 0.3 is 5.97 Å². The maximum atomic E-state index is 12.6. The number of aryl methyl sites for hydroxylation is 1. The molecule has 1 aromatic heterocycles. The quantitative estimate of drug-likeness (QED) is 0.794. The summed E-state index contributed by atoms with van der Waals surface area (Å²) in [4.78, 5) is 25.6. The van der Waals surface area contributed by atoms with Crippen molar-refractivity contribution in [2.45, 2.75) is 31.3 Å². The van der Waals surface area contributed by atoms with Gasteiger partial charge in [0.15, 0.2) is 5.16 Å². The molecule has 1 aliphatic heterocycles. The monoisotopic (exact) mass is 386 g/mol. The highest BCUT2D eigenvalue weighted by atomic mass is 32.2. The normalized spacial score (nSPS) is 20.6. The fourth-order valence-electron chi connectivity index (χ4n) is 3.87. The molecule has 142 valence electrons. The van der Waals surface area contributed by atoms with Crippen LogP contribution in [0.15, 0.2) is 35.7 Å². The molecule has 8 heteroatoms. The van der Waals surface area contributed by atoms with Gasteiger partial charge in [-0.15, -0.1) is 10.2 Å². The highest BCUT2D eigenvalue weighted by Crippen LogP contribution is 2.59. The van der Waals surface area contributed by atoms with E-state index in [9.17, 15) is 14.7 Å². The average Bonchev–Trinajstić information content (AvgIpc) is 3.16. The summed E-state index contributed by atoms with van der Waals surface area (Å²) >= 11 is 1.38. The fraction of sp³-hybridized carbons (Fsp3) is 0.474. The van der Waals surface area contributed by atoms with Crippen molar-refractivity contribution in [3.63, 3.8) is 0 Å². The van der Waals surface area contributed by atoms with Gasteiger partial charge in [-0.3, -0.25) is 14.2 Å². The van der Waals surface area contributed by atoms with E-state index >= 15 is 0 Å². The molecule has 0 bridgehead atoms. The van der Waals surface area contributed by atoms with Gasteiger partial charge in [-0.2, -0.15) is 0 Å². The summed E-state index contributed by atoms with van der Waals surface area (Å²) in [6, 6.07) is 8.06. The van der Waals surface area contributed by atoms with E-state index in [2.05, 4.69) is 10.2 Å². The Bertz CT molecular complexity index is 856. The van der Waals surface area contributed by atoms with Crippen molar-refractivity contribution in [3.8, 4) is 5.69 Å². The van der Waals surface area contributed by atoms with Gasteiger partial charge in [-0.05, 0) is 43.7 Å². The lowest BCUT2D eigenvalue weighted by molar-refractivity contribution is -0.139. The number of aliphatic carboxylic acids is 1. The number of carbonyl (C=O) groups excluding carboxylic acids is 1. The van der Waals surface area contributed by atoms with E-state index in [4.69, 9.17) is 0 Å². The van der Waals surface area contributed by atoms with E-state index in [0.29, 0.717) is 24.0 Å². The number of carboxylic acid groups (broad SMARTS) is 1. The number of carbonyl (C=O) groups is 2. The Morgan fingerprint density at radius 3 is 2.59 bits per heavy atom. The Kier molecular flexibility index (Phi) is 4.67. The minimum absolute atomic E-state index is 0.0542. The van der Waals surface area contributed by atoms with Crippen LogP contribution in [0.5, 0.6) is 0 Å². The summed E-state index contributed by atoms with van der Waals surface area (Å²) in [5.41, 5.74) is 2.09. The smallest absolute Gasteiger partial charge is 0.307 e. The van der Waals surface area contributed by atoms with Gasteiger partial charge in [-0.1, -0.05) is 29.5 Å². The average molecular weight is 386 g/mol. The fourth-order valence-corrected chi connectivity index (χ4v) is 4.71. The topological polar surface area (TPSA) is 88.3 Å². The molecule has 2 aromatic rings. The maximum Gasteiger partial charge on any atom is 0.307 e. The zero-order valence-corrected chi connectivity index (χ0v) is 16.0. The number of piperidine rings is 1. The molecule has 0 radical (unpaired) electrons. The molecule has 7 nitrogen and oxygen atoms in total. The number of likely N-dealkylation sites (tertiary alicyclic amines) is 1. The van der Waals surface area contributed by atoms with Gasteiger partial charge in [0.1, 0.15) is 6.33 Å². The molecule has 2 heterocycles. The minimum atomic E-state index is -0.694. The van der Waals surface area contributed by atoms with Gasteiger partial charge in [0.05, 0.1) is 11.7 Å². The number of benzene rings is 1. The molecule has 1 aromatic carbocycles. The van der Waals surface area contributed by atoms with Crippen molar-refractivity contribution in [2.24, 2.45) is 11.3 Å². The Labute approximate surface area is 161 Å². The van der Waals surface area contributed by atoms with Crippen molar-refractivity contribution >= 4 is 23.6 Å². The summed E-state index contributed by atoms with van der Waals surface area (Å²) in [5, 5.41) is 18.0. The Morgan fingerprint density at radius 1 is 1.26 bits per heavy atom. The van der Waals surface area contributed by atoms with Crippen LogP contribution in [0.3, 0.4) is 0 Å². The molecular weight excluding hydrogens is 364 g/mol. The van der Waals surface area contributed by atoms with Crippen LogP contribution in [0.25, 0.3) is 5.69 Å². The lowest BCUT2D eigenvalue weighted by atomic mass is 9.91. The third-order valence-corrected chi connectivity index (χ3v) is 6.68. The lowest BCUT2D eigenvalue weighted by Crippen LogP contribution is -2.40. The number of thioether (sulfide) groups is 1. The van der Waals surface area contributed by atoms with Gasteiger partial charge in [0.2, 0.25) is 5.91 Å². The van der Waals surface area contributed by atoms with Crippen LogP contribution in [0.1, 0.15) is 24.8 Å². The summed E-state index contributed by atoms with van der Waals surface area (Å²) < 4.78 is 1.88. The molecule has 2 fully saturated rings. The predicted octanol–water partition coefficient (Wildman–Crippen LogP) is 2.38. The number of nitrogens with zero attached hydrogens (tertiary/aromatic N) is 4. The first-order valence-corrected chi connectivity index (χ1v) is 10.1. The summed E-state index contributed by atoms with van der Waals surface area (Å²) in [6.45, 7) is 3.33. The number of hydrogen-bond donors (Lipinski definition) is 1. The van der Waals surface area contributed by atoms with Crippen LogP contribution in [-0.4, -0.2) is 55.5 Å². The van der Waals surface area contributed by atoms with E-state index in [-0.39, 0.29) is 17.2 Å². The first-order valence-electron chi connectivity index (χ1n) is 9.09. The zero-order valence-electron chi connectivity index (χ0n) is 15.2. The van der Waals surface area contributed by atoms with E-state index in [1.807, 2.05) is 40.7 Å². The minimum Gasteiger partial charge on any atom is -0.481 e. The molecule has 1 saturated carbocycles. The van der Waals surface area contributed by atoms with Crippen LogP contribution in [0.4, 0.5) is 0 Å². The third kappa shape index (κ3) is 3.58. The largest absolute Gasteiger partial charge is 0.481 e. The highest BCUT2D eigenvalue weighted by Gasteiger charge is 2.59. The van der Waals surface area contributed by atoms with Crippen LogP contribution >= 0.6 is 11.8 Å². The van der Waals surface area contributed by atoms with Crippen molar-refractivity contribution < 1.29 is 14.7 Å². The molecule has 27 heavy (non-hydrogen) atoms. The van der Waals surface area contributed by atoms with E-state index in [1.165, 1.54) is 17.3 Å². The second-order valence-electron chi connectivity index (χ2n) is 7.45. The molecule has 1 N–H and O–H groups in total. The number of rotatable bonds is 5. The second-order valence-corrected chi connectivity index (χ2v) is 8.39. The molecule has 1 atom stereocenters. The van der Waals surface area contributed by atoms with Crippen molar-refractivity contribution in [1.82, 2.24) is 19.7 Å². The van der Waals surface area contributed by atoms with E-state index in [1.54, 1.807) is 6.33 Å². The SMILES string of the molecule is Cc1ccc(-n2cnnc2SCC(=O)N2CCC3(CC2)CC3C(=O)O)cc1. The van der Waals surface area contributed by atoms with Crippen LogP contribution in [0, 0.1) is 18.3 Å². The number of amides is 1. The second kappa shape index (κ2) is 6.99. The molecule has 1 spiro atoms. The van der Waals surface area contributed by atoms with E-state index in [0.717, 1.165) is 24.9 Å². The highest BCUT2D eigenvalue weighted by molar-refractivity contribution is 7.99. The van der Waals surface area contributed by atoms with Gasteiger partial charge in [0.25, 0.3) is 0 Å². The van der Waals surface area contributed by atoms with Gasteiger partial charge in [-0.25, -0.2) is 0 Å². The zero-order chi connectivity index (χ0) is 19.0. The van der Waals surface area contributed by atoms with Crippen molar-refractivity contribution in [2.75, 3.05) is 18.8 Å². The summed E-state index contributed by atoms with van der Waals surface area (Å²) in [5.74, 6) is -0.529. The van der Waals surface area contributed by atoms with Crippen molar-refractivity contribution in [3.05, 3.63) is 36.2 Å². The lowest BCUT2D eigenvalue weighted by Gasteiger charge is -2.32.